The standard InChI is InChI=1S/C19H22N2O2/c1-2-23-19(22)12-6-11-18(17-10-7-13-20-15-17)21-14-16-8-4-3-5-9-16/h3-10,12-13,15,18,21H,2,11,14H2,1H3/b12-6+. The van der Waals surface area contributed by atoms with E-state index in [1.54, 1.807) is 13.1 Å². The van der Waals surface area contributed by atoms with Gasteiger partial charge in [-0.1, -0.05) is 42.5 Å². The lowest BCUT2D eigenvalue weighted by atomic mass is 10.0. The summed E-state index contributed by atoms with van der Waals surface area (Å²) in [6.07, 6.45) is 7.62. The van der Waals surface area contributed by atoms with Crippen LogP contribution in [0.4, 0.5) is 0 Å². The molecule has 2 rings (SSSR count). The van der Waals surface area contributed by atoms with Gasteiger partial charge in [-0.25, -0.2) is 4.79 Å². The molecule has 0 aliphatic heterocycles. The van der Waals surface area contributed by atoms with E-state index in [0.717, 1.165) is 12.1 Å². The topological polar surface area (TPSA) is 51.2 Å². The summed E-state index contributed by atoms with van der Waals surface area (Å²) in [5.74, 6) is -0.305. The zero-order valence-corrected chi connectivity index (χ0v) is 13.3. The van der Waals surface area contributed by atoms with Gasteiger partial charge in [0.05, 0.1) is 6.61 Å². The maximum Gasteiger partial charge on any atom is 0.330 e. The van der Waals surface area contributed by atoms with Gasteiger partial charge in [0.25, 0.3) is 0 Å². The summed E-state index contributed by atoms with van der Waals surface area (Å²) in [5, 5.41) is 3.51. The second kappa shape index (κ2) is 9.54. The molecule has 0 saturated heterocycles. The van der Waals surface area contributed by atoms with Gasteiger partial charge in [0.15, 0.2) is 0 Å². The molecule has 1 atom stereocenters. The fraction of sp³-hybridized carbons (Fsp3) is 0.263. The molecule has 0 aliphatic carbocycles. The summed E-state index contributed by atoms with van der Waals surface area (Å²) in [6.45, 7) is 2.95. The number of ether oxygens (including phenoxy) is 1. The summed E-state index contributed by atoms with van der Waals surface area (Å²) in [6, 6.07) is 14.3. The third-order valence-electron chi connectivity index (χ3n) is 3.39. The van der Waals surface area contributed by atoms with Crippen LogP contribution in [0, 0.1) is 0 Å². The first-order valence-electron chi connectivity index (χ1n) is 7.80. The van der Waals surface area contributed by atoms with E-state index in [4.69, 9.17) is 4.74 Å². The molecule has 1 heterocycles. The molecule has 23 heavy (non-hydrogen) atoms. The van der Waals surface area contributed by atoms with Crippen LogP contribution in [0.1, 0.15) is 30.5 Å². The molecular weight excluding hydrogens is 288 g/mol. The molecule has 0 bridgehead atoms. The lowest BCUT2D eigenvalue weighted by Gasteiger charge is -2.17. The quantitative estimate of drug-likeness (QED) is 0.599. The van der Waals surface area contributed by atoms with E-state index in [0.29, 0.717) is 13.0 Å². The Bertz CT molecular complexity index is 612. The number of carbonyl (C=O) groups is 1. The van der Waals surface area contributed by atoms with Crippen LogP contribution in [-0.2, 0) is 16.1 Å². The van der Waals surface area contributed by atoms with Gasteiger partial charge in [-0.15, -0.1) is 0 Å². The van der Waals surface area contributed by atoms with Gasteiger partial charge < -0.3 is 10.1 Å². The van der Waals surface area contributed by atoms with E-state index >= 15 is 0 Å². The summed E-state index contributed by atoms with van der Waals surface area (Å²) in [4.78, 5) is 15.6. The van der Waals surface area contributed by atoms with Crippen LogP contribution >= 0.6 is 0 Å². The monoisotopic (exact) mass is 310 g/mol. The molecule has 1 N–H and O–H groups in total. The third kappa shape index (κ3) is 6.04. The number of esters is 1. The lowest BCUT2D eigenvalue weighted by molar-refractivity contribution is -0.137. The second-order valence-electron chi connectivity index (χ2n) is 5.10. The fourth-order valence-corrected chi connectivity index (χ4v) is 2.25. The minimum Gasteiger partial charge on any atom is -0.463 e. The van der Waals surface area contributed by atoms with Crippen molar-refractivity contribution in [2.75, 3.05) is 6.61 Å². The van der Waals surface area contributed by atoms with E-state index in [1.165, 1.54) is 11.6 Å². The van der Waals surface area contributed by atoms with E-state index in [1.807, 2.05) is 42.6 Å². The minimum absolute atomic E-state index is 0.0922. The number of benzene rings is 1. The van der Waals surface area contributed by atoms with E-state index in [2.05, 4.69) is 22.4 Å². The molecule has 1 aromatic heterocycles. The van der Waals surface area contributed by atoms with E-state index in [9.17, 15) is 4.79 Å². The van der Waals surface area contributed by atoms with Crippen LogP contribution in [0.2, 0.25) is 0 Å². The zero-order chi connectivity index (χ0) is 16.3. The first-order valence-corrected chi connectivity index (χ1v) is 7.80. The van der Waals surface area contributed by atoms with Crippen LogP contribution in [0.3, 0.4) is 0 Å². The molecule has 0 radical (unpaired) electrons. The second-order valence-corrected chi connectivity index (χ2v) is 5.10. The SMILES string of the molecule is CCOC(=O)/C=C/CC(NCc1ccccc1)c1cccnc1. The Hall–Kier alpha value is -2.46. The van der Waals surface area contributed by atoms with Crippen LogP contribution < -0.4 is 5.32 Å². The van der Waals surface area contributed by atoms with Gasteiger partial charge in [-0.3, -0.25) is 4.98 Å². The normalized spacial score (nSPS) is 12.2. The lowest BCUT2D eigenvalue weighted by Crippen LogP contribution is -2.20. The van der Waals surface area contributed by atoms with Crippen LogP contribution in [0.15, 0.2) is 67.0 Å². The van der Waals surface area contributed by atoms with Crippen molar-refractivity contribution in [1.82, 2.24) is 10.3 Å². The Morgan fingerprint density at radius 1 is 1.26 bits per heavy atom. The molecule has 0 aliphatic rings. The Labute approximate surface area is 137 Å². The number of pyridine rings is 1. The number of hydrogen-bond acceptors (Lipinski definition) is 4. The van der Waals surface area contributed by atoms with E-state index < -0.39 is 0 Å². The van der Waals surface area contributed by atoms with Crippen molar-refractivity contribution in [2.45, 2.75) is 25.9 Å². The average molecular weight is 310 g/mol. The number of nitrogens with zero attached hydrogens (tertiary/aromatic N) is 1. The smallest absolute Gasteiger partial charge is 0.330 e. The number of aromatic nitrogens is 1. The predicted octanol–water partition coefficient (Wildman–Crippen LogP) is 3.42. The van der Waals surface area contributed by atoms with Crippen molar-refractivity contribution in [3.05, 3.63) is 78.1 Å². The Morgan fingerprint density at radius 3 is 2.78 bits per heavy atom. The highest BCUT2D eigenvalue weighted by molar-refractivity contribution is 5.81. The van der Waals surface area contributed by atoms with Crippen molar-refractivity contribution < 1.29 is 9.53 Å². The zero-order valence-electron chi connectivity index (χ0n) is 13.3. The van der Waals surface area contributed by atoms with Crippen molar-refractivity contribution >= 4 is 5.97 Å². The molecule has 0 amide bonds. The minimum atomic E-state index is -0.305. The van der Waals surface area contributed by atoms with Crippen molar-refractivity contribution in [3.63, 3.8) is 0 Å². The summed E-state index contributed by atoms with van der Waals surface area (Å²) in [5.41, 5.74) is 2.31. The van der Waals surface area contributed by atoms with Crippen molar-refractivity contribution in [2.24, 2.45) is 0 Å². The van der Waals surface area contributed by atoms with Crippen LogP contribution in [0.5, 0.6) is 0 Å². The van der Waals surface area contributed by atoms with Crippen LogP contribution in [-0.4, -0.2) is 17.6 Å². The molecule has 4 nitrogen and oxygen atoms in total. The predicted molar refractivity (Wildman–Crippen MR) is 90.6 cm³/mol. The maximum absolute atomic E-state index is 11.4. The van der Waals surface area contributed by atoms with Gasteiger partial charge in [-0.2, -0.15) is 0 Å². The highest BCUT2D eigenvalue weighted by Gasteiger charge is 2.09. The molecule has 120 valence electrons. The van der Waals surface area contributed by atoms with Gasteiger partial charge in [0.2, 0.25) is 0 Å². The van der Waals surface area contributed by atoms with Crippen molar-refractivity contribution in [1.29, 1.82) is 0 Å². The molecule has 0 saturated carbocycles. The van der Waals surface area contributed by atoms with Gasteiger partial charge in [-0.05, 0) is 30.5 Å². The van der Waals surface area contributed by atoms with Crippen molar-refractivity contribution in [3.8, 4) is 0 Å². The first-order chi connectivity index (χ1) is 11.3. The maximum atomic E-state index is 11.4. The number of nitrogens with one attached hydrogen (secondary N) is 1. The number of rotatable bonds is 8. The van der Waals surface area contributed by atoms with E-state index in [-0.39, 0.29) is 12.0 Å². The molecule has 0 fully saturated rings. The number of carbonyl (C=O) groups excluding carboxylic acids is 1. The fourth-order valence-electron chi connectivity index (χ4n) is 2.25. The average Bonchev–Trinajstić information content (AvgIpc) is 2.60. The largest absolute Gasteiger partial charge is 0.463 e. The molecule has 0 spiro atoms. The van der Waals surface area contributed by atoms with Gasteiger partial charge in [0.1, 0.15) is 0 Å². The first kappa shape index (κ1) is 16.9. The molecule has 4 heteroatoms. The number of hydrogen-bond donors (Lipinski definition) is 1. The Morgan fingerprint density at radius 2 is 2.09 bits per heavy atom. The van der Waals surface area contributed by atoms with Gasteiger partial charge in [0, 0.05) is 31.1 Å². The highest BCUT2D eigenvalue weighted by atomic mass is 16.5. The summed E-state index contributed by atoms with van der Waals surface area (Å²) >= 11 is 0. The third-order valence-corrected chi connectivity index (χ3v) is 3.39. The Balaban J connectivity index is 1.99. The highest BCUT2D eigenvalue weighted by Crippen LogP contribution is 2.17. The molecule has 1 aromatic carbocycles. The summed E-state index contributed by atoms with van der Waals surface area (Å²) in [7, 11) is 0. The van der Waals surface area contributed by atoms with Crippen LogP contribution in [0.25, 0.3) is 0 Å². The summed E-state index contributed by atoms with van der Waals surface area (Å²) < 4.78 is 4.90. The van der Waals surface area contributed by atoms with Gasteiger partial charge >= 0.3 is 5.97 Å². The Kier molecular flexibility index (Phi) is 7.01. The molecule has 1 unspecified atom stereocenters. The molecular formula is C19H22N2O2. The molecule has 2 aromatic rings.